The Morgan fingerprint density at radius 2 is 1.47 bits per heavy atom. The van der Waals surface area contributed by atoms with Gasteiger partial charge in [0.05, 0.1) is 11.9 Å². The molecule has 3 aromatic carbocycles. The molecule has 10 heteroatoms. The molecule has 38 heavy (non-hydrogen) atoms. The lowest BCUT2D eigenvalue weighted by atomic mass is 10.0. The van der Waals surface area contributed by atoms with Crippen LogP contribution >= 0.6 is 23.2 Å². The second kappa shape index (κ2) is 13.6. The van der Waals surface area contributed by atoms with Gasteiger partial charge in [-0.1, -0.05) is 77.8 Å². The molecule has 7 nitrogen and oxygen atoms in total. The van der Waals surface area contributed by atoms with Gasteiger partial charge in [0.15, 0.2) is 0 Å². The molecule has 202 valence electrons. The van der Waals surface area contributed by atoms with Crippen LogP contribution in [0.3, 0.4) is 0 Å². The summed E-state index contributed by atoms with van der Waals surface area (Å²) in [6.07, 6.45) is 1.69. The standard InChI is InChI=1S/C28H31Cl2N3O4S/c1-31-28(35)26(19-21-11-5-3-6-12-21)32(20-23-24(29)15-9-16-25(23)30)27(34)17-10-18-33(38(2,36)37)22-13-7-4-8-14-22/h3-9,11-16,26H,10,17-20H2,1-2H3,(H,31,35)/t26-/m1/s1. The van der Waals surface area contributed by atoms with Crippen molar-refractivity contribution < 1.29 is 18.0 Å². The van der Waals surface area contributed by atoms with Crippen LogP contribution in [0.2, 0.25) is 10.0 Å². The zero-order valence-electron chi connectivity index (χ0n) is 21.3. The molecule has 0 heterocycles. The number of benzene rings is 3. The molecule has 2 amide bonds. The number of hydrogen-bond donors (Lipinski definition) is 1. The molecule has 0 aromatic heterocycles. The maximum Gasteiger partial charge on any atom is 0.242 e. The summed E-state index contributed by atoms with van der Waals surface area (Å²) in [6.45, 7) is 0.134. The fraction of sp³-hybridized carbons (Fsp3) is 0.286. The molecule has 3 aromatic rings. The van der Waals surface area contributed by atoms with E-state index in [9.17, 15) is 18.0 Å². The van der Waals surface area contributed by atoms with Crippen LogP contribution in [0.15, 0.2) is 78.9 Å². The topological polar surface area (TPSA) is 86.8 Å². The quantitative estimate of drug-likeness (QED) is 0.332. The minimum atomic E-state index is -3.56. The van der Waals surface area contributed by atoms with Gasteiger partial charge in [0.1, 0.15) is 6.04 Å². The molecule has 0 spiro atoms. The summed E-state index contributed by atoms with van der Waals surface area (Å²) >= 11 is 12.8. The first kappa shape index (κ1) is 29.5. The SMILES string of the molecule is CNC(=O)[C@@H](Cc1ccccc1)N(Cc1c(Cl)cccc1Cl)C(=O)CCCN(c1ccccc1)S(C)(=O)=O. The van der Waals surface area contributed by atoms with Crippen LogP contribution in [-0.2, 0) is 32.6 Å². The summed E-state index contributed by atoms with van der Waals surface area (Å²) in [4.78, 5) is 28.2. The highest BCUT2D eigenvalue weighted by Crippen LogP contribution is 2.28. The van der Waals surface area contributed by atoms with Crippen LogP contribution in [0.25, 0.3) is 0 Å². The van der Waals surface area contributed by atoms with Crippen LogP contribution in [-0.4, -0.2) is 51.0 Å². The van der Waals surface area contributed by atoms with E-state index in [2.05, 4.69) is 5.32 Å². The Bertz CT molecular complexity index is 1320. The Morgan fingerprint density at radius 3 is 2.03 bits per heavy atom. The highest BCUT2D eigenvalue weighted by molar-refractivity contribution is 7.92. The second-order valence-corrected chi connectivity index (χ2v) is 11.5. The van der Waals surface area contributed by atoms with E-state index in [1.807, 2.05) is 30.3 Å². The lowest BCUT2D eigenvalue weighted by molar-refractivity contribution is -0.141. The van der Waals surface area contributed by atoms with Gasteiger partial charge >= 0.3 is 0 Å². The molecule has 3 rings (SSSR count). The van der Waals surface area contributed by atoms with Crippen molar-refractivity contribution in [2.24, 2.45) is 0 Å². The van der Waals surface area contributed by atoms with E-state index in [4.69, 9.17) is 23.2 Å². The van der Waals surface area contributed by atoms with E-state index in [0.29, 0.717) is 21.3 Å². The zero-order chi connectivity index (χ0) is 27.7. The predicted octanol–water partition coefficient (Wildman–Crippen LogP) is 4.93. The number of carbonyl (C=O) groups excluding carboxylic acids is 2. The first-order valence-corrected chi connectivity index (χ1v) is 14.7. The third-order valence-electron chi connectivity index (χ3n) is 6.10. The van der Waals surface area contributed by atoms with Gasteiger partial charge in [0.2, 0.25) is 21.8 Å². The number of hydrogen-bond acceptors (Lipinski definition) is 4. The number of anilines is 1. The summed E-state index contributed by atoms with van der Waals surface area (Å²) in [5.74, 6) is -0.639. The van der Waals surface area contributed by atoms with Crippen molar-refractivity contribution in [3.63, 3.8) is 0 Å². The van der Waals surface area contributed by atoms with E-state index >= 15 is 0 Å². The van der Waals surface area contributed by atoms with Gasteiger partial charge < -0.3 is 10.2 Å². The van der Waals surface area contributed by atoms with Crippen LogP contribution in [0, 0.1) is 0 Å². The molecule has 0 aliphatic heterocycles. The molecule has 0 aliphatic rings. The highest BCUT2D eigenvalue weighted by Gasteiger charge is 2.31. The Balaban J connectivity index is 1.88. The zero-order valence-corrected chi connectivity index (χ0v) is 23.6. The van der Waals surface area contributed by atoms with E-state index in [1.165, 1.54) is 16.3 Å². The van der Waals surface area contributed by atoms with Crippen LogP contribution < -0.4 is 9.62 Å². The Hall–Kier alpha value is -3.07. The van der Waals surface area contributed by atoms with Crippen molar-refractivity contribution in [1.29, 1.82) is 0 Å². The van der Waals surface area contributed by atoms with Gasteiger partial charge in [-0.05, 0) is 36.2 Å². The average Bonchev–Trinajstić information content (AvgIpc) is 2.90. The molecule has 0 radical (unpaired) electrons. The first-order valence-electron chi connectivity index (χ1n) is 12.1. The lowest BCUT2D eigenvalue weighted by Crippen LogP contribution is -2.50. The fourth-order valence-electron chi connectivity index (χ4n) is 4.17. The Labute approximate surface area is 234 Å². The van der Waals surface area contributed by atoms with Gasteiger partial charge in [-0.15, -0.1) is 0 Å². The minimum Gasteiger partial charge on any atom is -0.357 e. The van der Waals surface area contributed by atoms with Gasteiger partial charge in [-0.3, -0.25) is 13.9 Å². The number of carbonyl (C=O) groups is 2. The average molecular weight is 577 g/mol. The van der Waals surface area contributed by atoms with Crippen LogP contribution in [0.5, 0.6) is 0 Å². The van der Waals surface area contributed by atoms with Crippen molar-refractivity contribution in [3.8, 4) is 0 Å². The highest BCUT2D eigenvalue weighted by atomic mass is 35.5. The summed E-state index contributed by atoms with van der Waals surface area (Å²) in [6, 6.07) is 22.4. The van der Waals surface area contributed by atoms with E-state index in [0.717, 1.165) is 11.8 Å². The van der Waals surface area contributed by atoms with Crippen LogP contribution in [0.4, 0.5) is 5.69 Å². The summed E-state index contributed by atoms with van der Waals surface area (Å²) in [5, 5.41) is 3.44. The molecule has 1 atom stereocenters. The molecule has 0 saturated carbocycles. The molecule has 0 aliphatic carbocycles. The van der Waals surface area contributed by atoms with E-state index in [-0.39, 0.29) is 44.2 Å². The molecule has 0 bridgehead atoms. The van der Waals surface area contributed by atoms with E-state index in [1.54, 1.807) is 48.5 Å². The summed E-state index contributed by atoms with van der Waals surface area (Å²) in [7, 11) is -2.04. The van der Waals surface area contributed by atoms with Crippen LogP contribution in [0.1, 0.15) is 24.0 Å². The predicted molar refractivity (Wildman–Crippen MR) is 153 cm³/mol. The van der Waals surface area contributed by atoms with Gasteiger partial charge in [0, 0.05) is 48.6 Å². The van der Waals surface area contributed by atoms with E-state index < -0.39 is 16.1 Å². The fourth-order valence-corrected chi connectivity index (χ4v) is 5.65. The van der Waals surface area contributed by atoms with Gasteiger partial charge in [0.25, 0.3) is 0 Å². The molecule has 0 fully saturated rings. The van der Waals surface area contributed by atoms with Gasteiger partial charge in [-0.2, -0.15) is 0 Å². The summed E-state index contributed by atoms with van der Waals surface area (Å²) in [5.41, 5.74) is 1.94. The third-order valence-corrected chi connectivity index (χ3v) is 8.01. The maximum atomic E-state index is 13.7. The largest absolute Gasteiger partial charge is 0.357 e. The molecule has 0 unspecified atom stereocenters. The molecular formula is C28H31Cl2N3O4S. The number of likely N-dealkylation sites (N-methyl/N-ethyl adjacent to an activating group) is 1. The number of rotatable bonds is 12. The van der Waals surface area contributed by atoms with Crippen molar-refractivity contribution in [3.05, 3.63) is 100 Å². The number of sulfonamides is 1. The number of halogens is 2. The van der Waals surface area contributed by atoms with Crippen molar-refractivity contribution in [2.45, 2.75) is 31.8 Å². The van der Waals surface area contributed by atoms with Crippen molar-refractivity contribution >= 4 is 50.7 Å². The molecular weight excluding hydrogens is 545 g/mol. The summed E-state index contributed by atoms with van der Waals surface area (Å²) < 4.78 is 26.2. The molecule has 1 N–H and O–H groups in total. The first-order chi connectivity index (χ1) is 18.1. The second-order valence-electron chi connectivity index (χ2n) is 8.82. The maximum absolute atomic E-state index is 13.7. The number of amides is 2. The number of nitrogens with zero attached hydrogens (tertiary/aromatic N) is 2. The van der Waals surface area contributed by atoms with Crippen molar-refractivity contribution in [2.75, 3.05) is 24.2 Å². The van der Waals surface area contributed by atoms with Crippen molar-refractivity contribution in [1.82, 2.24) is 10.2 Å². The minimum absolute atomic E-state index is 0.0171. The Morgan fingerprint density at radius 1 is 0.895 bits per heavy atom. The third kappa shape index (κ3) is 7.96. The monoisotopic (exact) mass is 575 g/mol. The normalized spacial score (nSPS) is 12.0. The Kier molecular flexibility index (Phi) is 10.6. The number of nitrogens with one attached hydrogen (secondary N) is 1. The van der Waals surface area contributed by atoms with Gasteiger partial charge in [-0.25, -0.2) is 8.42 Å². The lowest BCUT2D eigenvalue weighted by Gasteiger charge is -2.32. The molecule has 0 saturated heterocycles. The number of para-hydroxylation sites is 1. The smallest absolute Gasteiger partial charge is 0.242 e.